The van der Waals surface area contributed by atoms with Crippen LogP contribution in [0.25, 0.3) is 0 Å². The molecule has 0 aromatic heterocycles. The van der Waals surface area contributed by atoms with Crippen molar-refractivity contribution in [1.82, 2.24) is 5.32 Å². The number of para-hydroxylation sites is 1. The number of rotatable bonds is 8. The normalized spacial score (nSPS) is 10.3. The zero-order chi connectivity index (χ0) is 13.2. The smallest absolute Gasteiger partial charge is 0.253 e. The van der Waals surface area contributed by atoms with Gasteiger partial charge in [0.05, 0.1) is 5.56 Å². The Kier molecular flexibility index (Phi) is 7.34. The molecule has 1 aromatic carbocycles. The monoisotopic (exact) mass is 266 g/mol. The van der Waals surface area contributed by atoms with Crippen LogP contribution in [0.15, 0.2) is 24.3 Å². The number of thioether (sulfide) groups is 1. The molecule has 0 unspecified atom stereocenters. The first kappa shape index (κ1) is 14.9. The van der Waals surface area contributed by atoms with Crippen molar-refractivity contribution in [2.45, 2.75) is 25.7 Å². The molecule has 0 aliphatic rings. The Hall–Kier alpha value is -1.16. The van der Waals surface area contributed by atoms with Gasteiger partial charge in [0, 0.05) is 12.2 Å². The molecule has 0 fully saturated rings. The zero-order valence-corrected chi connectivity index (χ0v) is 11.8. The molecular formula is C14H22N2OS. The van der Waals surface area contributed by atoms with E-state index in [2.05, 4.69) is 11.6 Å². The highest BCUT2D eigenvalue weighted by molar-refractivity contribution is 7.98. The van der Waals surface area contributed by atoms with Gasteiger partial charge in [-0.25, -0.2) is 0 Å². The summed E-state index contributed by atoms with van der Waals surface area (Å²) in [6.45, 7) is 0.729. The third kappa shape index (κ3) is 5.45. The number of carbonyl (C=O) groups is 1. The van der Waals surface area contributed by atoms with Gasteiger partial charge in [0.1, 0.15) is 0 Å². The molecule has 0 heterocycles. The maximum atomic E-state index is 11.8. The van der Waals surface area contributed by atoms with Gasteiger partial charge in [0.2, 0.25) is 0 Å². The highest BCUT2D eigenvalue weighted by Crippen LogP contribution is 2.10. The topological polar surface area (TPSA) is 55.1 Å². The van der Waals surface area contributed by atoms with Crippen molar-refractivity contribution in [2.24, 2.45) is 0 Å². The quantitative estimate of drug-likeness (QED) is 0.562. The number of hydrogen-bond donors (Lipinski definition) is 2. The van der Waals surface area contributed by atoms with Gasteiger partial charge < -0.3 is 11.1 Å². The predicted octanol–water partition coefficient (Wildman–Crippen LogP) is 2.92. The fourth-order valence-electron chi connectivity index (χ4n) is 1.73. The number of unbranched alkanes of at least 4 members (excludes halogenated alkanes) is 3. The summed E-state index contributed by atoms with van der Waals surface area (Å²) < 4.78 is 0. The van der Waals surface area contributed by atoms with Crippen LogP contribution in [0.4, 0.5) is 5.69 Å². The average molecular weight is 266 g/mol. The molecule has 4 heteroatoms. The van der Waals surface area contributed by atoms with Gasteiger partial charge >= 0.3 is 0 Å². The van der Waals surface area contributed by atoms with Crippen LogP contribution in [0.1, 0.15) is 36.0 Å². The summed E-state index contributed by atoms with van der Waals surface area (Å²) in [7, 11) is 0. The standard InChI is InChI=1S/C14H22N2OS/c1-18-11-7-3-2-6-10-16-14(17)12-8-4-5-9-13(12)15/h4-5,8-9H,2-3,6-7,10-11,15H2,1H3,(H,16,17). The summed E-state index contributed by atoms with van der Waals surface area (Å²) in [5, 5.41) is 2.91. The number of hydrogen-bond acceptors (Lipinski definition) is 3. The number of carbonyl (C=O) groups excluding carboxylic acids is 1. The second-order valence-corrected chi connectivity index (χ2v) is 5.24. The summed E-state index contributed by atoms with van der Waals surface area (Å²) in [5.41, 5.74) is 6.85. The summed E-state index contributed by atoms with van der Waals surface area (Å²) in [4.78, 5) is 11.8. The van der Waals surface area contributed by atoms with Crippen LogP contribution in [0.3, 0.4) is 0 Å². The van der Waals surface area contributed by atoms with Crippen molar-refractivity contribution in [3.63, 3.8) is 0 Å². The lowest BCUT2D eigenvalue weighted by Crippen LogP contribution is -2.25. The molecule has 0 spiro atoms. The first-order chi connectivity index (χ1) is 8.75. The van der Waals surface area contributed by atoms with E-state index in [4.69, 9.17) is 5.73 Å². The SMILES string of the molecule is CSCCCCCCNC(=O)c1ccccc1N. The van der Waals surface area contributed by atoms with E-state index in [-0.39, 0.29) is 5.91 Å². The van der Waals surface area contributed by atoms with E-state index in [1.165, 1.54) is 25.0 Å². The average Bonchev–Trinajstić information content (AvgIpc) is 2.38. The number of anilines is 1. The number of benzene rings is 1. The van der Waals surface area contributed by atoms with Gasteiger partial charge in [0.25, 0.3) is 5.91 Å². The molecule has 18 heavy (non-hydrogen) atoms. The largest absolute Gasteiger partial charge is 0.398 e. The van der Waals surface area contributed by atoms with Gasteiger partial charge in [-0.2, -0.15) is 11.8 Å². The van der Waals surface area contributed by atoms with Crippen molar-refractivity contribution < 1.29 is 4.79 Å². The van der Waals surface area contributed by atoms with E-state index in [0.717, 1.165) is 13.0 Å². The minimum atomic E-state index is -0.0720. The molecule has 0 radical (unpaired) electrons. The van der Waals surface area contributed by atoms with Crippen molar-refractivity contribution in [2.75, 3.05) is 24.3 Å². The van der Waals surface area contributed by atoms with Gasteiger partial charge in [-0.15, -0.1) is 0 Å². The van der Waals surface area contributed by atoms with E-state index in [1.54, 1.807) is 12.1 Å². The Labute approximate surface area is 114 Å². The summed E-state index contributed by atoms with van der Waals surface area (Å²) >= 11 is 1.89. The lowest BCUT2D eigenvalue weighted by molar-refractivity contribution is 0.0954. The van der Waals surface area contributed by atoms with Gasteiger partial charge in [-0.1, -0.05) is 25.0 Å². The highest BCUT2D eigenvalue weighted by atomic mass is 32.2. The van der Waals surface area contributed by atoms with E-state index in [9.17, 15) is 4.79 Å². The van der Waals surface area contributed by atoms with Crippen LogP contribution in [0.2, 0.25) is 0 Å². The van der Waals surface area contributed by atoms with E-state index < -0.39 is 0 Å². The van der Waals surface area contributed by atoms with E-state index in [0.29, 0.717) is 11.3 Å². The molecule has 0 saturated heterocycles. The molecule has 0 aliphatic heterocycles. The minimum absolute atomic E-state index is 0.0720. The Morgan fingerprint density at radius 1 is 1.22 bits per heavy atom. The number of nitrogens with one attached hydrogen (secondary N) is 1. The van der Waals surface area contributed by atoms with E-state index >= 15 is 0 Å². The Morgan fingerprint density at radius 2 is 1.94 bits per heavy atom. The molecule has 1 aromatic rings. The van der Waals surface area contributed by atoms with Gasteiger partial charge in [-0.05, 0) is 37.0 Å². The third-order valence-electron chi connectivity index (χ3n) is 2.77. The molecule has 3 N–H and O–H groups in total. The molecule has 100 valence electrons. The van der Waals surface area contributed by atoms with E-state index in [1.807, 2.05) is 23.9 Å². The summed E-state index contributed by atoms with van der Waals surface area (Å²) in [6, 6.07) is 7.16. The zero-order valence-electron chi connectivity index (χ0n) is 10.9. The first-order valence-corrected chi connectivity index (χ1v) is 7.76. The summed E-state index contributed by atoms with van der Waals surface area (Å²) in [5.74, 6) is 1.16. The highest BCUT2D eigenvalue weighted by Gasteiger charge is 2.07. The second kappa shape index (κ2) is 8.86. The molecule has 0 atom stereocenters. The number of amides is 1. The molecule has 0 bridgehead atoms. The Bertz CT molecular complexity index is 369. The minimum Gasteiger partial charge on any atom is -0.398 e. The second-order valence-electron chi connectivity index (χ2n) is 4.25. The van der Waals surface area contributed by atoms with Gasteiger partial charge in [0.15, 0.2) is 0 Å². The fraction of sp³-hybridized carbons (Fsp3) is 0.500. The van der Waals surface area contributed by atoms with Crippen molar-refractivity contribution in [3.05, 3.63) is 29.8 Å². The Balaban J connectivity index is 2.16. The lowest BCUT2D eigenvalue weighted by atomic mass is 10.1. The summed E-state index contributed by atoms with van der Waals surface area (Å²) in [6.07, 6.45) is 6.84. The van der Waals surface area contributed by atoms with Crippen LogP contribution in [-0.4, -0.2) is 24.5 Å². The van der Waals surface area contributed by atoms with Crippen molar-refractivity contribution >= 4 is 23.4 Å². The van der Waals surface area contributed by atoms with Crippen LogP contribution in [0.5, 0.6) is 0 Å². The van der Waals surface area contributed by atoms with Crippen LogP contribution >= 0.6 is 11.8 Å². The molecule has 1 amide bonds. The van der Waals surface area contributed by atoms with Crippen LogP contribution < -0.4 is 11.1 Å². The molecule has 3 nitrogen and oxygen atoms in total. The number of nitrogens with two attached hydrogens (primary N) is 1. The predicted molar refractivity (Wildman–Crippen MR) is 80.0 cm³/mol. The molecule has 1 rings (SSSR count). The molecule has 0 aliphatic carbocycles. The fourth-order valence-corrected chi connectivity index (χ4v) is 2.22. The first-order valence-electron chi connectivity index (χ1n) is 6.37. The molecule has 0 saturated carbocycles. The molecular weight excluding hydrogens is 244 g/mol. The van der Waals surface area contributed by atoms with Gasteiger partial charge in [-0.3, -0.25) is 4.79 Å². The van der Waals surface area contributed by atoms with Crippen molar-refractivity contribution in [3.8, 4) is 0 Å². The van der Waals surface area contributed by atoms with Crippen LogP contribution in [-0.2, 0) is 0 Å². The maximum absolute atomic E-state index is 11.8. The number of nitrogen functional groups attached to an aromatic ring is 1. The lowest BCUT2D eigenvalue weighted by Gasteiger charge is -2.07. The maximum Gasteiger partial charge on any atom is 0.253 e. The Morgan fingerprint density at radius 3 is 2.67 bits per heavy atom. The van der Waals surface area contributed by atoms with Crippen molar-refractivity contribution in [1.29, 1.82) is 0 Å². The third-order valence-corrected chi connectivity index (χ3v) is 3.46. The van der Waals surface area contributed by atoms with Crippen LogP contribution in [0, 0.1) is 0 Å².